The number of piperidine rings is 1. The summed E-state index contributed by atoms with van der Waals surface area (Å²) in [5.41, 5.74) is 2.25. The third-order valence-corrected chi connectivity index (χ3v) is 6.82. The van der Waals surface area contributed by atoms with Gasteiger partial charge in [0.2, 0.25) is 0 Å². The molecule has 1 aromatic heterocycles. The van der Waals surface area contributed by atoms with Crippen LogP contribution in [-0.4, -0.2) is 70.6 Å². The summed E-state index contributed by atoms with van der Waals surface area (Å²) in [6, 6.07) is 18.8. The van der Waals surface area contributed by atoms with Gasteiger partial charge in [-0.1, -0.05) is 60.7 Å². The van der Waals surface area contributed by atoms with Gasteiger partial charge in [-0.15, -0.1) is 0 Å². The number of amides is 2. The smallest absolute Gasteiger partial charge is 0.410 e. The Hall–Kier alpha value is -3.85. The molecule has 0 spiro atoms. The Bertz CT molecular complexity index is 1250. The molecule has 2 amide bonds. The fraction of sp³-hybridized carbons (Fsp3) is 0.370. The predicted octanol–water partition coefficient (Wildman–Crippen LogP) is 2.86. The van der Waals surface area contributed by atoms with E-state index in [1.165, 1.54) is 0 Å². The summed E-state index contributed by atoms with van der Waals surface area (Å²) in [6.07, 6.45) is 1.06. The molecule has 3 heterocycles. The maximum atomic E-state index is 13.5. The van der Waals surface area contributed by atoms with Crippen LogP contribution in [-0.2, 0) is 11.3 Å². The van der Waals surface area contributed by atoms with Crippen LogP contribution < -0.4 is 11.0 Å². The first-order valence-electron chi connectivity index (χ1n) is 12.5. The molecule has 9 nitrogen and oxygen atoms in total. The zero-order chi connectivity index (χ0) is 24.9. The monoisotopic (exact) mass is 489 g/mol. The van der Waals surface area contributed by atoms with Gasteiger partial charge in [0.1, 0.15) is 12.3 Å². The average Bonchev–Trinajstić information content (AvgIpc) is 3.29. The van der Waals surface area contributed by atoms with E-state index in [2.05, 4.69) is 10.3 Å². The van der Waals surface area contributed by atoms with E-state index in [4.69, 9.17) is 4.74 Å². The van der Waals surface area contributed by atoms with Crippen LogP contribution >= 0.6 is 0 Å². The first kappa shape index (κ1) is 23.9. The topological polar surface area (TPSA) is 99.7 Å². The summed E-state index contributed by atoms with van der Waals surface area (Å²) >= 11 is 0. The molecular formula is C27H31N5O4. The van der Waals surface area contributed by atoms with Crippen LogP contribution in [0.25, 0.3) is 11.3 Å². The number of aromatic nitrogens is 2. The number of hydrogen-bond acceptors (Lipinski definition) is 5. The molecule has 2 saturated heterocycles. The highest BCUT2D eigenvalue weighted by Crippen LogP contribution is 2.30. The molecule has 2 aromatic carbocycles. The maximum absolute atomic E-state index is 13.5. The Labute approximate surface area is 209 Å². The first-order chi connectivity index (χ1) is 17.6. The van der Waals surface area contributed by atoms with Crippen molar-refractivity contribution in [2.45, 2.75) is 25.5 Å². The number of piperazine rings is 1. The normalized spacial score (nSPS) is 18.2. The number of imidazole rings is 1. The minimum Gasteiger partial charge on any atom is -0.445 e. The fourth-order valence-corrected chi connectivity index (χ4v) is 5.00. The molecule has 3 aromatic rings. The number of carbonyl (C=O) groups excluding carboxylic acids is 2. The van der Waals surface area contributed by atoms with Crippen LogP contribution in [0.15, 0.2) is 65.5 Å². The molecule has 2 N–H and O–H groups in total. The maximum Gasteiger partial charge on any atom is 0.410 e. The number of hydrogen-bond donors (Lipinski definition) is 2. The van der Waals surface area contributed by atoms with E-state index in [1.807, 2.05) is 60.7 Å². The van der Waals surface area contributed by atoms with Crippen molar-refractivity contribution in [3.05, 3.63) is 82.4 Å². The Morgan fingerprint density at radius 1 is 0.917 bits per heavy atom. The Balaban J connectivity index is 1.41. The molecule has 2 aliphatic rings. The first-order valence-corrected chi connectivity index (χ1v) is 12.5. The number of nitrogens with one attached hydrogen (secondary N) is 2. The van der Waals surface area contributed by atoms with E-state index >= 15 is 0 Å². The second-order valence-corrected chi connectivity index (χ2v) is 9.21. The minimum absolute atomic E-state index is 0.180. The van der Waals surface area contributed by atoms with Crippen LogP contribution in [0.5, 0.6) is 0 Å². The summed E-state index contributed by atoms with van der Waals surface area (Å²) in [6.45, 7) is 3.72. The lowest BCUT2D eigenvalue weighted by atomic mass is 10.0. The van der Waals surface area contributed by atoms with E-state index in [1.54, 1.807) is 14.4 Å². The standard InChI is InChI=1S/C27H31N5O4/c33-25(30-16-13-28-14-17-30)23-24(21-10-5-2-6-11-21)32(26(34)29-23)22-12-7-15-31(18-22)27(35)36-19-20-8-3-1-4-9-20/h1-6,8-11,22,28H,7,12-19H2,(H,29,34). The molecule has 2 fully saturated rings. The van der Waals surface area contributed by atoms with Gasteiger partial charge in [0, 0.05) is 44.8 Å². The van der Waals surface area contributed by atoms with Gasteiger partial charge in [-0.25, -0.2) is 9.59 Å². The molecule has 5 rings (SSSR count). The Kier molecular flexibility index (Phi) is 7.18. The number of nitrogens with zero attached hydrogens (tertiary/aromatic N) is 3. The van der Waals surface area contributed by atoms with Crippen molar-refractivity contribution in [1.82, 2.24) is 24.7 Å². The lowest BCUT2D eigenvalue weighted by Crippen LogP contribution is -2.46. The second-order valence-electron chi connectivity index (χ2n) is 9.21. The summed E-state index contributed by atoms with van der Waals surface area (Å²) in [5, 5.41) is 3.25. The van der Waals surface area contributed by atoms with Gasteiger partial charge >= 0.3 is 11.8 Å². The SMILES string of the molecule is O=C(OCc1ccccc1)N1CCCC(n2c(-c3ccccc3)c(C(=O)N3CCNCC3)[nH]c2=O)C1. The van der Waals surface area contributed by atoms with E-state index in [-0.39, 0.29) is 24.2 Å². The fourth-order valence-electron chi connectivity index (χ4n) is 5.00. The minimum atomic E-state index is -0.398. The number of H-pyrrole nitrogens is 1. The van der Waals surface area contributed by atoms with Crippen molar-refractivity contribution in [1.29, 1.82) is 0 Å². The van der Waals surface area contributed by atoms with Gasteiger partial charge in [0.05, 0.1) is 11.7 Å². The molecule has 0 aliphatic carbocycles. The summed E-state index contributed by atoms with van der Waals surface area (Å²) in [7, 11) is 0. The molecule has 1 atom stereocenters. The molecule has 0 bridgehead atoms. The molecule has 36 heavy (non-hydrogen) atoms. The zero-order valence-electron chi connectivity index (χ0n) is 20.2. The van der Waals surface area contributed by atoms with Crippen LogP contribution in [0.1, 0.15) is 34.9 Å². The highest BCUT2D eigenvalue weighted by molar-refractivity contribution is 5.98. The largest absolute Gasteiger partial charge is 0.445 e. The number of aromatic amines is 1. The number of likely N-dealkylation sites (tertiary alicyclic amines) is 1. The number of carbonyl (C=O) groups is 2. The van der Waals surface area contributed by atoms with Gasteiger partial charge in [-0.05, 0) is 18.4 Å². The van der Waals surface area contributed by atoms with Gasteiger partial charge in [-0.2, -0.15) is 0 Å². The van der Waals surface area contributed by atoms with Gasteiger partial charge in [-0.3, -0.25) is 9.36 Å². The summed E-state index contributed by atoms with van der Waals surface area (Å²) < 4.78 is 7.21. The summed E-state index contributed by atoms with van der Waals surface area (Å²) in [5.74, 6) is -0.180. The second kappa shape index (κ2) is 10.8. The third-order valence-electron chi connectivity index (χ3n) is 6.82. The number of ether oxygens (including phenoxy) is 1. The number of rotatable bonds is 5. The van der Waals surface area contributed by atoms with Crippen LogP contribution in [0, 0.1) is 0 Å². The van der Waals surface area contributed by atoms with E-state index in [0.717, 1.165) is 37.1 Å². The van der Waals surface area contributed by atoms with Crippen molar-refractivity contribution in [2.75, 3.05) is 39.3 Å². The van der Waals surface area contributed by atoms with Gasteiger partial charge in [0.25, 0.3) is 5.91 Å². The number of benzene rings is 2. The highest BCUT2D eigenvalue weighted by atomic mass is 16.6. The molecule has 0 radical (unpaired) electrons. The molecular weight excluding hydrogens is 458 g/mol. The zero-order valence-corrected chi connectivity index (χ0v) is 20.2. The molecule has 9 heteroatoms. The molecule has 2 aliphatic heterocycles. The lowest BCUT2D eigenvalue weighted by molar-refractivity contribution is 0.0729. The van der Waals surface area contributed by atoms with Crippen molar-refractivity contribution in [3.63, 3.8) is 0 Å². The van der Waals surface area contributed by atoms with E-state index < -0.39 is 6.09 Å². The summed E-state index contributed by atoms with van der Waals surface area (Å²) in [4.78, 5) is 45.9. The predicted molar refractivity (Wildman–Crippen MR) is 136 cm³/mol. The van der Waals surface area contributed by atoms with Crippen molar-refractivity contribution in [3.8, 4) is 11.3 Å². The van der Waals surface area contributed by atoms with Crippen molar-refractivity contribution in [2.24, 2.45) is 0 Å². The Morgan fingerprint density at radius 2 is 1.61 bits per heavy atom. The van der Waals surface area contributed by atoms with Crippen LogP contribution in [0.3, 0.4) is 0 Å². The van der Waals surface area contributed by atoms with Crippen LogP contribution in [0.4, 0.5) is 4.79 Å². The molecule has 0 saturated carbocycles. The average molecular weight is 490 g/mol. The van der Waals surface area contributed by atoms with Crippen LogP contribution in [0.2, 0.25) is 0 Å². The third kappa shape index (κ3) is 5.06. The van der Waals surface area contributed by atoms with Crippen molar-refractivity contribution >= 4 is 12.0 Å². The lowest BCUT2D eigenvalue weighted by Gasteiger charge is -2.33. The molecule has 1 unspecified atom stereocenters. The van der Waals surface area contributed by atoms with E-state index in [0.29, 0.717) is 37.6 Å². The van der Waals surface area contributed by atoms with Crippen molar-refractivity contribution < 1.29 is 14.3 Å². The highest BCUT2D eigenvalue weighted by Gasteiger charge is 2.32. The van der Waals surface area contributed by atoms with E-state index in [9.17, 15) is 14.4 Å². The Morgan fingerprint density at radius 3 is 2.33 bits per heavy atom. The molecule has 188 valence electrons. The quantitative estimate of drug-likeness (QED) is 0.574. The van der Waals surface area contributed by atoms with Gasteiger partial charge in [0.15, 0.2) is 0 Å². The van der Waals surface area contributed by atoms with Gasteiger partial charge < -0.3 is 24.8 Å².